The molecular weight excluding hydrogens is 226 g/mol. The summed E-state index contributed by atoms with van der Waals surface area (Å²) in [6, 6.07) is 8.13. The Bertz CT molecular complexity index is 505. The van der Waals surface area contributed by atoms with E-state index in [0.717, 1.165) is 18.0 Å². The molecule has 0 bridgehead atoms. The minimum atomic E-state index is 0.200. The fraction of sp³-hybridized carbons (Fsp3) is 0.357. The second-order valence-corrected chi connectivity index (χ2v) is 4.57. The molecule has 0 spiro atoms. The van der Waals surface area contributed by atoms with E-state index in [1.807, 2.05) is 45.4 Å². The number of nitrogens with one attached hydrogen (secondary N) is 1. The van der Waals surface area contributed by atoms with Gasteiger partial charge in [-0.05, 0) is 31.5 Å². The maximum atomic E-state index is 5.67. The van der Waals surface area contributed by atoms with Gasteiger partial charge in [0.25, 0.3) is 0 Å². The number of hydrogen-bond acceptors (Lipinski definition) is 3. The van der Waals surface area contributed by atoms with Crippen molar-refractivity contribution in [2.24, 2.45) is 7.05 Å². The summed E-state index contributed by atoms with van der Waals surface area (Å²) in [4.78, 5) is 0. The number of ether oxygens (including phenoxy) is 1. The van der Waals surface area contributed by atoms with Crippen LogP contribution in [0.15, 0.2) is 36.7 Å². The fourth-order valence-corrected chi connectivity index (χ4v) is 1.72. The SMILES string of the molecule is CC(C)Oc1cccc(CNc2cnn(C)c2)c1. The number of aromatic nitrogens is 2. The predicted molar refractivity (Wildman–Crippen MR) is 72.7 cm³/mol. The molecule has 0 saturated heterocycles. The van der Waals surface area contributed by atoms with E-state index in [2.05, 4.69) is 22.5 Å². The number of rotatable bonds is 5. The van der Waals surface area contributed by atoms with Gasteiger partial charge in [-0.15, -0.1) is 0 Å². The van der Waals surface area contributed by atoms with Gasteiger partial charge in [-0.25, -0.2) is 0 Å². The van der Waals surface area contributed by atoms with E-state index in [1.54, 1.807) is 4.68 Å². The van der Waals surface area contributed by atoms with Crippen LogP contribution in [0.3, 0.4) is 0 Å². The van der Waals surface area contributed by atoms with Gasteiger partial charge in [0.05, 0.1) is 18.0 Å². The third-order valence-corrected chi connectivity index (χ3v) is 2.47. The Hall–Kier alpha value is -1.97. The Kier molecular flexibility index (Phi) is 3.87. The van der Waals surface area contributed by atoms with Crippen molar-refractivity contribution < 1.29 is 4.74 Å². The summed E-state index contributed by atoms with van der Waals surface area (Å²) < 4.78 is 7.45. The van der Waals surface area contributed by atoms with Crippen molar-refractivity contribution >= 4 is 5.69 Å². The Morgan fingerprint density at radius 2 is 2.22 bits per heavy atom. The van der Waals surface area contributed by atoms with E-state index in [1.165, 1.54) is 5.56 Å². The molecule has 0 fully saturated rings. The average molecular weight is 245 g/mol. The normalized spacial score (nSPS) is 10.7. The summed E-state index contributed by atoms with van der Waals surface area (Å²) in [5.74, 6) is 0.912. The van der Waals surface area contributed by atoms with Crippen LogP contribution in [-0.4, -0.2) is 15.9 Å². The van der Waals surface area contributed by atoms with Gasteiger partial charge in [-0.2, -0.15) is 5.10 Å². The molecule has 0 aliphatic heterocycles. The molecule has 0 radical (unpaired) electrons. The first-order valence-corrected chi connectivity index (χ1v) is 6.11. The van der Waals surface area contributed by atoms with Gasteiger partial charge in [0, 0.05) is 19.8 Å². The van der Waals surface area contributed by atoms with Gasteiger partial charge in [0.2, 0.25) is 0 Å². The van der Waals surface area contributed by atoms with E-state index in [9.17, 15) is 0 Å². The van der Waals surface area contributed by atoms with E-state index in [-0.39, 0.29) is 6.10 Å². The molecule has 18 heavy (non-hydrogen) atoms. The molecule has 96 valence electrons. The van der Waals surface area contributed by atoms with Gasteiger partial charge < -0.3 is 10.1 Å². The molecule has 2 aromatic rings. The molecule has 2 rings (SSSR count). The predicted octanol–water partition coefficient (Wildman–Crippen LogP) is 2.82. The number of aryl methyl sites for hydroxylation is 1. The molecule has 0 amide bonds. The van der Waals surface area contributed by atoms with Crippen LogP contribution in [0.4, 0.5) is 5.69 Å². The number of anilines is 1. The van der Waals surface area contributed by atoms with Crippen LogP contribution in [0.5, 0.6) is 5.75 Å². The standard InChI is InChI=1S/C14H19N3O/c1-11(2)18-14-6-4-5-12(7-14)8-15-13-9-16-17(3)10-13/h4-7,9-11,15H,8H2,1-3H3. The van der Waals surface area contributed by atoms with E-state index < -0.39 is 0 Å². The van der Waals surface area contributed by atoms with Crippen molar-refractivity contribution in [2.75, 3.05) is 5.32 Å². The first kappa shape index (κ1) is 12.5. The van der Waals surface area contributed by atoms with E-state index >= 15 is 0 Å². The summed E-state index contributed by atoms with van der Waals surface area (Å²) in [5.41, 5.74) is 2.21. The van der Waals surface area contributed by atoms with Crippen LogP contribution < -0.4 is 10.1 Å². The zero-order chi connectivity index (χ0) is 13.0. The van der Waals surface area contributed by atoms with Crippen LogP contribution in [0, 0.1) is 0 Å². The summed E-state index contributed by atoms with van der Waals surface area (Å²) in [6.45, 7) is 4.82. The lowest BCUT2D eigenvalue weighted by molar-refractivity contribution is 0.242. The lowest BCUT2D eigenvalue weighted by Gasteiger charge is -2.11. The highest BCUT2D eigenvalue weighted by atomic mass is 16.5. The molecule has 1 aromatic heterocycles. The lowest BCUT2D eigenvalue weighted by atomic mass is 10.2. The third kappa shape index (κ3) is 3.52. The molecule has 0 saturated carbocycles. The maximum absolute atomic E-state index is 5.67. The largest absolute Gasteiger partial charge is 0.491 e. The van der Waals surface area contributed by atoms with E-state index in [0.29, 0.717) is 0 Å². The lowest BCUT2D eigenvalue weighted by Crippen LogP contribution is -2.06. The molecule has 4 nitrogen and oxygen atoms in total. The van der Waals surface area contributed by atoms with Crippen molar-refractivity contribution in [1.29, 1.82) is 0 Å². The zero-order valence-corrected chi connectivity index (χ0v) is 11.1. The molecule has 1 N–H and O–H groups in total. The highest BCUT2D eigenvalue weighted by Gasteiger charge is 2.00. The molecule has 4 heteroatoms. The average Bonchev–Trinajstić information content (AvgIpc) is 2.72. The first-order valence-electron chi connectivity index (χ1n) is 6.11. The summed E-state index contributed by atoms with van der Waals surface area (Å²) in [5, 5.41) is 7.44. The fourth-order valence-electron chi connectivity index (χ4n) is 1.72. The van der Waals surface area contributed by atoms with Crippen LogP contribution >= 0.6 is 0 Å². The summed E-state index contributed by atoms with van der Waals surface area (Å²) in [6.07, 6.45) is 3.97. The third-order valence-electron chi connectivity index (χ3n) is 2.47. The smallest absolute Gasteiger partial charge is 0.120 e. The second kappa shape index (κ2) is 5.58. The molecule has 0 atom stereocenters. The summed E-state index contributed by atoms with van der Waals surface area (Å²) >= 11 is 0. The minimum Gasteiger partial charge on any atom is -0.491 e. The van der Waals surface area contributed by atoms with Crippen LogP contribution in [0.2, 0.25) is 0 Å². The molecular formula is C14H19N3O. The molecule has 0 aliphatic carbocycles. The Morgan fingerprint density at radius 1 is 1.39 bits per heavy atom. The quantitative estimate of drug-likeness (QED) is 0.880. The maximum Gasteiger partial charge on any atom is 0.120 e. The zero-order valence-electron chi connectivity index (χ0n) is 11.1. The van der Waals surface area contributed by atoms with Gasteiger partial charge in [-0.3, -0.25) is 4.68 Å². The first-order chi connectivity index (χ1) is 8.63. The molecule has 0 aliphatic rings. The highest BCUT2D eigenvalue weighted by molar-refractivity contribution is 5.40. The van der Waals surface area contributed by atoms with Crippen LogP contribution in [0.1, 0.15) is 19.4 Å². The monoisotopic (exact) mass is 245 g/mol. The van der Waals surface area contributed by atoms with Crippen molar-refractivity contribution in [3.8, 4) is 5.75 Å². The Morgan fingerprint density at radius 3 is 2.89 bits per heavy atom. The summed E-state index contributed by atoms with van der Waals surface area (Å²) in [7, 11) is 1.91. The minimum absolute atomic E-state index is 0.200. The van der Waals surface area contributed by atoms with Crippen molar-refractivity contribution in [3.63, 3.8) is 0 Å². The van der Waals surface area contributed by atoms with Crippen molar-refractivity contribution in [1.82, 2.24) is 9.78 Å². The Balaban J connectivity index is 1.96. The number of hydrogen-bond donors (Lipinski definition) is 1. The van der Waals surface area contributed by atoms with Gasteiger partial charge in [0.15, 0.2) is 0 Å². The topological polar surface area (TPSA) is 39.1 Å². The Labute approximate surface area is 108 Å². The molecule has 0 unspecified atom stereocenters. The van der Waals surface area contributed by atoms with E-state index in [4.69, 9.17) is 4.74 Å². The number of benzene rings is 1. The van der Waals surface area contributed by atoms with Crippen LogP contribution in [-0.2, 0) is 13.6 Å². The second-order valence-electron chi connectivity index (χ2n) is 4.57. The molecule has 1 aromatic carbocycles. The van der Waals surface area contributed by atoms with Gasteiger partial charge >= 0.3 is 0 Å². The van der Waals surface area contributed by atoms with Crippen LogP contribution in [0.25, 0.3) is 0 Å². The van der Waals surface area contributed by atoms with Gasteiger partial charge in [0.1, 0.15) is 5.75 Å². The highest BCUT2D eigenvalue weighted by Crippen LogP contribution is 2.16. The van der Waals surface area contributed by atoms with Crippen molar-refractivity contribution in [3.05, 3.63) is 42.2 Å². The number of nitrogens with zero attached hydrogens (tertiary/aromatic N) is 2. The van der Waals surface area contributed by atoms with Gasteiger partial charge in [-0.1, -0.05) is 12.1 Å². The van der Waals surface area contributed by atoms with Crippen molar-refractivity contribution in [2.45, 2.75) is 26.5 Å². The molecule has 1 heterocycles.